The topological polar surface area (TPSA) is 58.6 Å². The molecule has 1 aromatic carbocycles. The smallest absolute Gasteiger partial charge is 0.223 e. The van der Waals surface area contributed by atoms with Gasteiger partial charge in [0.25, 0.3) is 0 Å². The molecule has 2 atom stereocenters. The summed E-state index contributed by atoms with van der Waals surface area (Å²) in [7, 11) is 0. The average Bonchev–Trinajstić information content (AvgIpc) is 2.39. The first-order valence-corrected chi connectivity index (χ1v) is 6.84. The zero-order valence-corrected chi connectivity index (χ0v) is 11.9. The molecular formula is C15H20FNO3. The van der Waals surface area contributed by atoms with Crippen molar-refractivity contribution in [1.29, 1.82) is 0 Å². The zero-order chi connectivity index (χ0) is 14.9. The molecule has 2 unspecified atom stereocenters. The van der Waals surface area contributed by atoms with E-state index >= 15 is 0 Å². The van der Waals surface area contributed by atoms with E-state index in [2.05, 4.69) is 5.32 Å². The van der Waals surface area contributed by atoms with Crippen molar-refractivity contribution in [3.05, 3.63) is 29.1 Å². The van der Waals surface area contributed by atoms with Crippen LogP contribution in [0.25, 0.3) is 0 Å². The van der Waals surface area contributed by atoms with Gasteiger partial charge >= 0.3 is 0 Å². The van der Waals surface area contributed by atoms with Crippen LogP contribution < -0.4 is 10.1 Å². The predicted octanol–water partition coefficient (Wildman–Crippen LogP) is 2.47. The largest absolute Gasteiger partial charge is 0.490 e. The molecule has 1 aliphatic rings. The highest BCUT2D eigenvalue weighted by atomic mass is 19.1. The Balaban J connectivity index is 2.36. The number of aliphatic hydroxyl groups is 1. The number of carbonyl (C=O) groups excluding carboxylic acids is 1. The van der Waals surface area contributed by atoms with Crippen molar-refractivity contribution in [3.8, 4) is 5.75 Å². The molecule has 0 aromatic heterocycles. The van der Waals surface area contributed by atoms with Gasteiger partial charge in [-0.15, -0.1) is 0 Å². The molecule has 110 valence electrons. The number of carbonyl (C=O) groups is 1. The maximum atomic E-state index is 14.0. The van der Waals surface area contributed by atoms with E-state index in [1.165, 1.54) is 6.07 Å². The summed E-state index contributed by atoms with van der Waals surface area (Å²) in [6.07, 6.45) is -0.174. The van der Waals surface area contributed by atoms with E-state index in [4.69, 9.17) is 4.74 Å². The third-order valence-corrected chi connectivity index (χ3v) is 3.45. The van der Waals surface area contributed by atoms with Crippen LogP contribution in [0.4, 0.5) is 4.39 Å². The van der Waals surface area contributed by atoms with Crippen LogP contribution in [0, 0.1) is 11.7 Å². The van der Waals surface area contributed by atoms with Gasteiger partial charge in [0.1, 0.15) is 0 Å². The minimum absolute atomic E-state index is 0.0780. The van der Waals surface area contributed by atoms with E-state index in [0.717, 1.165) is 0 Å². The Hall–Kier alpha value is -1.62. The van der Waals surface area contributed by atoms with Gasteiger partial charge in [-0.2, -0.15) is 0 Å². The van der Waals surface area contributed by atoms with Crippen molar-refractivity contribution in [2.24, 2.45) is 5.92 Å². The lowest BCUT2D eigenvalue weighted by atomic mass is 9.96. The Morgan fingerprint density at radius 1 is 1.45 bits per heavy atom. The highest BCUT2D eigenvalue weighted by molar-refractivity contribution is 5.78. The summed E-state index contributed by atoms with van der Waals surface area (Å²) in [5.74, 6) is -0.534. The molecule has 1 amide bonds. The van der Waals surface area contributed by atoms with Crippen molar-refractivity contribution in [2.45, 2.75) is 39.3 Å². The third-order valence-electron chi connectivity index (χ3n) is 3.45. The van der Waals surface area contributed by atoms with Gasteiger partial charge < -0.3 is 15.2 Å². The van der Waals surface area contributed by atoms with Gasteiger partial charge in [-0.3, -0.25) is 4.79 Å². The molecule has 0 spiro atoms. The fourth-order valence-electron chi connectivity index (χ4n) is 2.21. The molecular weight excluding hydrogens is 261 g/mol. The molecule has 4 nitrogen and oxygen atoms in total. The van der Waals surface area contributed by atoms with E-state index in [1.807, 2.05) is 13.8 Å². The molecule has 0 saturated carbocycles. The molecule has 2 N–H and O–H groups in total. The van der Waals surface area contributed by atoms with Crippen molar-refractivity contribution in [1.82, 2.24) is 5.32 Å². The molecule has 5 heteroatoms. The van der Waals surface area contributed by atoms with E-state index in [-0.39, 0.29) is 23.6 Å². The summed E-state index contributed by atoms with van der Waals surface area (Å²) < 4.78 is 19.4. The lowest BCUT2D eigenvalue weighted by molar-refractivity contribution is -0.124. The van der Waals surface area contributed by atoms with Crippen molar-refractivity contribution in [2.75, 3.05) is 6.61 Å². The number of nitrogens with one attached hydrogen (secondary N) is 1. The molecule has 1 aliphatic heterocycles. The van der Waals surface area contributed by atoms with Crippen LogP contribution in [0.5, 0.6) is 5.75 Å². The van der Waals surface area contributed by atoms with Crippen molar-refractivity contribution < 1.29 is 19.0 Å². The maximum Gasteiger partial charge on any atom is 0.223 e. The maximum absolute atomic E-state index is 14.0. The number of hydrogen-bond acceptors (Lipinski definition) is 3. The summed E-state index contributed by atoms with van der Waals surface area (Å²) >= 11 is 0. The van der Waals surface area contributed by atoms with Gasteiger partial charge in [-0.1, -0.05) is 13.8 Å². The second-order valence-electron chi connectivity index (χ2n) is 5.45. The Morgan fingerprint density at radius 2 is 2.15 bits per heavy atom. The molecule has 2 rings (SSSR count). The van der Waals surface area contributed by atoms with Gasteiger partial charge in [0, 0.05) is 17.9 Å². The second-order valence-corrected chi connectivity index (χ2v) is 5.45. The zero-order valence-electron chi connectivity index (χ0n) is 11.9. The van der Waals surface area contributed by atoms with Gasteiger partial charge in [0.2, 0.25) is 5.91 Å². The number of aliphatic hydroxyl groups excluding tert-OH is 1. The van der Waals surface area contributed by atoms with E-state index < -0.39 is 11.9 Å². The van der Waals surface area contributed by atoms with Crippen molar-refractivity contribution in [3.63, 3.8) is 0 Å². The van der Waals surface area contributed by atoms with E-state index in [0.29, 0.717) is 24.2 Å². The summed E-state index contributed by atoms with van der Waals surface area (Å²) in [5.41, 5.74) is 1.08. The molecule has 0 fully saturated rings. The molecule has 0 saturated heterocycles. The van der Waals surface area contributed by atoms with Gasteiger partial charge in [-0.05, 0) is 24.6 Å². The highest BCUT2D eigenvalue weighted by Crippen LogP contribution is 2.36. The Bertz CT molecular complexity index is 514. The fourth-order valence-corrected chi connectivity index (χ4v) is 2.21. The first-order valence-electron chi connectivity index (χ1n) is 6.84. The van der Waals surface area contributed by atoms with E-state index in [1.54, 1.807) is 13.0 Å². The Morgan fingerprint density at radius 3 is 2.75 bits per heavy atom. The SMILES string of the molecule is CC(C)C(=O)NC1CCOc2c(F)cc(C(C)O)cc21. The number of halogens is 1. The summed E-state index contributed by atoms with van der Waals surface area (Å²) in [5, 5.41) is 12.5. The number of hydrogen-bond donors (Lipinski definition) is 2. The standard InChI is InChI=1S/C15H20FNO3/c1-8(2)15(19)17-13-4-5-20-14-11(13)6-10(9(3)18)7-12(14)16/h6-9,13,18H,4-5H2,1-3H3,(H,17,19). The number of fused-ring (bicyclic) bond motifs is 1. The lowest BCUT2D eigenvalue weighted by Gasteiger charge is -2.28. The molecule has 1 aromatic rings. The van der Waals surface area contributed by atoms with Crippen LogP contribution >= 0.6 is 0 Å². The number of rotatable bonds is 3. The number of amides is 1. The molecule has 20 heavy (non-hydrogen) atoms. The highest BCUT2D eigenvalue weighted by Gasteiger charge is 2.27. The minimum Gasteiger partial charge on any atom is -0.490 e. The van der Waals surface area contributed by atoms with Crippen LogP contribution in [-0.2, 0) is 4.79 Å². The molecule has 0 bridgehead atoms. The Kier molecular flexibility index (Phi) is 4.28. The van der Waals surface area contributed by atoms with Crippen LogP contribution in [-0.4, -0.2) is 17.6 Å². The summed E-state index contributed by atoms with van der Waals surface area (Å²) in [6, 6.07) is 2.70. The lowest BCUT2D eigenvalue weighted by Crippen LogP contribution is -2.35. The quantitative estimate of drug-likeness (QED) is 0.895. The summed E-state index contributed by atoms with van der Waals surface area (Å²) in [6.45, 7) is 5.55. The average molecular weight is 281 g/mol. The van der Waals surface area contributed by atoms with Gasteiger partial charge in [0.15, 0.2) is 11.6 Å². The van der Waals surface area contributed by atoms with Gasteiger partial charge in [-0.25, -0.2) is 4.39 Å². The van der Waals surface area contributed by atoms with E-state index in [9.17, 15) is 14.3 Å². The second kappa shape index (κ2) is 5.79. The Labute approximate surface area is 117 Å². The van der Waals surface area contributed by atoms with Crippen LogP contribution in [0.3, 0.4) is 0 Å². The minimum atomic E-state index is -0.766. The number of ether oxygens (including phenoxy) is 1. The van der Waals surface area contributed by atoms with Crippen LogP contribution in [0.15, 0.2) is 12.1 Å². The normalized spacial score (nSPS) is 19.2. The first kappa shape index (κ1) is 14.8. The fraction of sp³-hybridized carbons (Fsp3) is 0.533. The van der Waals surface area contributed by atoms with Gasteiger partial charge in [0.05, 0.1) is 18.8 Å². The monoisotopic (exact) mass is 281 g/mol. The molecule has 0 radical (unpaired) electrons. The first-order chi connectivity index (χ1) is 9.40. The van der Waals surface area contributed by atoms with Crippen molar-refractivity contribution >= 4 is 5.91 Å². The summed E-state index contributed by atoms with van der Waals surface area (Å²) in [4.78, 5) is 11.8. The molecule has 0 aliphatic carbocycles. The molecule has 1 heterocycles. The predicted molar refractivity (Wildman–Crippen MR) is 72.9 cm³/mol. The number of benzene rings is 1. The third kappa shape index (κ3) is 2.93. The van der Waals surface area contributed by atoms with Crippen LogP contribution in [0.1, 0.15) is 50.5 Å². The van der Waals surface area contributed by atoms with Crippen LogP contribution in [0.2, 0.25) is 0 Å².